The summed E-state index contributed by atoms with van der Waals surface area (Å²) in [6.45, 7) is 0. The second-order valence-corrected chi connectivity index (χ2v) is 4.89. The fourth-order valence-electron chi connectivity index (χ4n) is 1.99. The van der Waals surface area contributed by atoms with Crippen molar-refractivity contribution < 1.29 is 9.53 Å². The second kappa shape index (κ2) is 5.85. The van der Waals surface area contributed by atoms with E-state index in [1.807, 2.05) is 30.3 Å². The molecule has 0 fully saturated rings. The smallest absolute Gasteiger partial charge is 0.196 e. The lowest BCUT2D eigenvalue weighted by Crippen LogP contribution is -2.00. The first-order valence-corrected chi connectivity index (χ1v) is 6.82. The van der Waals surface area contributed by atoms with Crippen LogP contribution in [0.3, 0.4) is 0 Å². The Labute approximate surface area is 127 Å². The van der Waals surface area contributed by atoms with Gasteiger partial charge in [0.2, 0.25) is 0 Å². The van der Waals surface area contributed by atoms with Crippen molar-refractivity contribution in [2.45, 2.75) is 0 Å². The minimum absolute atomic E-state index is 0.118. The number of para-hydroxylation sites is 1. The molecule has 0 saturated heterocycles. The molecule has 3 rings (SSSR count). The Morgan fingerprint density at radius 3 is 2.48 bits per heavy atom. The van der Waals surface area contributed by atoms with Crippen LogP contribution in [-0.4, -0.2) is 10.8 Å². The van der Waals surface area contributed by atoms with Gasteiger partial charge >= 0.3 is 0 Å². The first-order chi connectivity index (χ1) is 10.2. The van der Waals surface area contributed by atoms with Crippen LogP contribution < -0.4 is 4.74 Å². The van der Waals surface area contributed by atoms with Gasteiger partial charge in [-0.25, -0.2) is 0 Å². The van der Waals surface area contributed by atoms with Gasteiger partial charge in [-0.2, -0.15) is 0 Å². The van der Waals surface area contributed by atoms with Gasteiger partial charge in [-0.3, -0.25) is 4.79 Å². The van der Waals surface area contributed by atoms with E-state index in [1.54, 1.807) is 36.7 Å². The maximum atomic E-state index is 12.3. The van der Waals surface area contributed by atoms with E-state index in [4.69, 9.17) is 16.3 Å². The molecule has 0 aliphatic rings. The van der Waals surface area contributed by atoms with Gasteiger partial charge in [0.1, 0.15) is 11.5 Å². The minimum Gasteiger partial charge on any atom is -0.457 e. The number of H-pyrrole nitrogens is 1. The molecule has 0 unspecified atom stereocenters. The van der Waals surface area contributed by atoms with E-state index in [9.17, 15) is 4.79 Å². The molecule has 0 spiro atoms. The first-order valence-electron chi connectivity index (χ1n) is 6.44. The monoisotopic (exact) mass is 297 g/mol. The predicted octanol–water partition coefficient (Wildman–Crippen LogP) is 4.69. The van der Waals surface area contributed by atoms with Crippen LogP contribution in [0.4, 0.5) is 0 Å². The summed E-state index contributed by atoms with van der Waals surface area (Å²) in [5.41, 5.74) is 1.03. The van der Waals surface area contributed by atoms with Crippen LogP contribution >= 0.6 is 11.6 Å². The average molecular weight is 298 g/mol. The molecule has 0 aliphatic heterocycles. The molecule has 0 radical (unpaired) electrons. The van der Waals surface area contributed by atoms with E-state index in [1.165, 1.54) is 0 Å². The lowest BCUT2D eigenvalue weighted by atomic mass is 10.1. The molecular weight excluding hydrogens is 286 g/mol. The Kier molecular flexibility index (Phi) is 3.75. The van der Waals surface area contributed by atoms with Crippen LogP contribution in [0.5, 0.6) is 11.5 Å². The van der Waals surface area contributed by atoms with Crippen LogP contribution in [0.15, 0.2) is 67.0 Å². The molecular formula is C17H12ClNO2. The molecule has 1 N–H and O–H groups in total. The highest BCUT2D eigenvalue weighted by atomic mass is 35.5. The first kappa shape index (κ1) is 13.5. The molecule has 104 valence electrons. The van der Waals surface area contributed by atoms with Gasteiger partial charge in [-0.05, 0) is 30.3 Å². The number of benzene rings is 2. The van der Waals surface area contributed by atoms with E-state index < -0.39 is 0 Å². The topological polar surface area (TPSA) is 42.1 Å². The summed E-state index contributed by atoms with van der Waals surface area (Å²) in [4.78, 5) is 15.1. The number of hydrogen-bond acceptors (Lipinski definition) is 2. The van der Waals surface area contributed by atoms with Crippen molar-refractivity contribution in [3.05, 3.63) is 83.1 Å². The number of carbonyl (C=O) groups excluding carboxylic acids is 1. The fraction of sp³-hybridized carbons (Fsp3) is 0. The molecule has 4 heteroatoms. The van der Waals surface area contributed by atoms with Crippen LogP contribution in [0.25, 0.3) is 0 Å². The van der Waals surface area contributed by atoms with E-state index >= 15 is 0 Å². The number of aromatic amines is 1. The molecule has 0 bridgehead atoms. The molecule has 0 aliphatic carbocycles. The lowest BCUT2D eigenvalue weighted by Gasteiger charge is -2.08. The minimum atomic E-state index is -0.118. The standard InChI is InChI=1S/C17H12ClNO2/c18-16-10-14(21-13-4-2-1-3-5-13)6-7-15(16)17(20)12-8-9-19-11-12/h1-11,19H. The predicted molar refractivity (Wildman–Crippen MR) is 82.2 cm³/mol. The summed E-state index contributed by atoms with van der Waals surface area (Å²) in [5.74, 6) is 1.20. The molecule has 2 aromatic carbocycles. The SMILES string of the molecule is O=C(c1cc[nH]c1)c1ccc(Oc2ccccc2)cc1Cl. The number of rotatable bonds is 4. The van der Waals surface area contributed by atoms with Crippen molar-refractivity contribution in [1.82, 2.24) is 4.98 Å². The zero-order valence-corrected chi connectivity index (χ0v) is 11.8. The molecule has 3 aromatic rings. The van der Waals surface area contributed by atoms with E-state index in [-0.39, 0.29) is 5.78 Å². The summed E-state index contributed by atoms with van der Waals surface area (Å²) < 4.78 is 5.68. The molecule has 3 nitrogen and oxygen atoms in total. The van der Waals surface area contributed by atoms with Crippen LogP contribution in [0.2, 0.25) is 5.02 Å². The largest absolute Gasteiger partial charge is 0.457 e. The number of carbonyl (C=O) groups is 1. The molecule has 0 saturated carbocycles. The van der Waals surface area contributed by atoms with Crippen LogP contribution in [0, 0.1) is 0 Å². The number of ketones is 1. The second-order valence-electron chi connectivity index (χ2n) is 4.49. The zero-order chi connectivity index (χ0) is 14.7. The van der Waals surface area contributed by atoms with Crippen molar-refractivity contribution in [1.29, 1.82) is 0 Å². The summed E-state index contributed by atoms with van der Waals surface area (Å²) in [7, 11) is 0. The summed E-state index contributed by atoms with van der Waals surface area (Å²) in [6.07, 6.45) is 3.35. The molecule has 0 atom stereocenters. The van der Waals surface area contributed by atoms with Crippen molar-refractivity contribution in [2.24, 2.45) is 0 Å². The lowest BCUT2D eigenvalue weighted by molar-refractivity contribution is 0.103. The molecule has 1 aromatic heterocycles. The van der Waals surface area contributed by atoms with Gasteiger partial charge in [-0.1, -0.05) is 29.8 Å². The highest BCUT2D eigenvalue weighted by molar-refractivity contribution is 6.35. The maximum Gasteiger partial charge on any atom is 0.196 e. The van der Waals surface area contributed by atoms with Gasteiger partial charge in [0.25, 0.3) is 0 Å². The van der Waals surface area contributed by atoms with Gasteiger partial charge in [-0.15, -0.1) is 0 Å². The Bertz CT molecular complexity index is 752. The summed E-state index contributed by atoms with van der Waals surface area (Å²) in [5, 5.41) is 0.370. The van der Waals surface area contributed by atoms with Crippen LogP contribution in [0.1, 0.15) is 15.9 Å². The fourth-order valence-corrected chi connectivity index (χ4v) is 2.25. The third kappa shape index (κ3) is 2.98. The Morgan fingerprint density at radius 1 is 1.00 bits per heavy atom. The van der Waals surface area contributed by atoms with Gasteiger partial charge in [0.05, 0.1) is 5.02 Å². The van der Waals surface area contributed by atoms with Gasteiger partial charge in [0, 0.05) is 29.6 Å². The highest BCUT2D eigenvalue weighted by Gasteiger charge is 2.14. The van der Waals surface area contributed by atoms with E-state index in [0.29, 0.717) is 21.9 Å². The number of aromatic nitrogens is 1. The number of nitrogens with one attached hydrogen (secondary N) is 1. The van der Waals surface area contributed by atoms with Crippen molar-refractivity contribution in [3.63, 3.8) is 0 Å². The summed E-state index contributed by atoms with van der Waals surface area (Å²) in [6, 6.07) is 16.2. The Morgan fingerprint density at radius 2 is 1.81 bits per heavy atom. The third-order valence-corrected chi connectivity index (χ3v) is 3.34. The Balaban J connectivity index is 1.85. The zero-order valence-electron chi connectivity index (χ0n) is 11.0. The number of halogens is 1. The van der Waals surface area contributed by atoms with E-state index in [2.05, 4.69) is 4.98 Å². The van der Waals surface area contributed by atoms with Crippen molar-refractivity contribution >= 4 is 17.4 Å². The normalized spacial score (nSPS) is 10.3. The van der Waals surface area contributed by atoms with Gasteiger partial charge < -0.3 is 9.72 Å². The highest BCUT2D eigenvalue weighted by Crippen LogP contribution is 2.28. The third-order valence-electron chi connectivity index (χ3n) is 3.02. The molecule has 1 heterocycles. The quantitative estimate of drug-likeness (QED) is 0.710. The number of hydrogen-bond donors (Lipinski definition) is 1. The summed E-state index contributed by atoms with van der Waals surface area (Å²) >= 11 is 6.20. The van der Waals surface area contributed by atoms with E-state index in [0.717, 1.165) is 5.75 Å². The Hall–Kier alpha value is -2.52. The maximum absolute atomic E-state index is 12.3. The molecule has 21 heavy (non-hydrogen) atoms. The van der Waals surface area contributed by atoms with Crippen LogP contribution in [-0.2, 0) is 0 Å². The van der Waals surface area contributed by atoms with Gasteiger partial charge in [0.15, 0.2) is 5.78 Å². The number of ether oxygens (including phenoxy) is 1. The average Bonchev–Trinajstić information content (AvgIpc) is 3.02. The van der Waals surface area contributed by atoms with Crippen molar-refractivity contribution in [2.75, 3.05) is 0 Å². The van der Waals surface area contributed by atoms with Crippen molar-refractivity contribution in [3.8, 4) is 11.5 Å². The molecule has 0 amide bonds.